The second kappa shape index (κ2) is 12.9. The Hall–Kier alpha value is -3.03. The molecule has 6 heteroatoms. The Kier molecular flexibility index (Phi) is 9.59. The van der Waals surface area contributed by atoms with Crippen molar-refractivity contribution in [2.24, 2.45) is 0 Å². The van der Waals surface area contributed by atoms with Gasteiger partial charge in [-0.2, -0.15) is 0 Å². The van der Waals surface area contributed by atoms with Gasteiger partial charge in [-0.1, -0.05) is 72.8 Å². The van der Waals surface area contributed by atoms with Crippen LogP contribution < -0.4 is 10.6 Å². The third kappa shape index (κ3) is 8.44. The third-order valence-electron chi connectivity index (χ3n) is 5.43. The molecule has 0 radical (unpaired) electrons. The largest absolute Gasteiger partial charge is 0.465 e. The van der Waals surface area contributed by atoms with Crippen molar-refractivity contribution in [3.8, 4) is 0 Å². The normalized spacial score (nSPS) is 13.8. The summed E-state index contributed by atoms with van der Waals surface area (Å²) >= 11 is 0. The van der Waals surface area contributed by atoms with Crippen LogP contribution in [0, 0.1) is 0 Å². The fourth-order valence-corrected chi connectivity index (χ4v) is 3.71. The van der Waals surface area contributed by atoms with Gasteiger partial charge in [0.2, 0.25) is 0 Å². The van der Waals surface area contributed by atoms with Gasteiger partial charge in [0.1, 0.15) is 12.5 Å². The van der Waals surface area contributed by atoms with Crippen molar-refractivity contribution in [1.82, 2.24) is 10.6 Å². The van der Waals surface area contributed by atoms with E-state index in [1.807, 2.05) is 72.8 Å². The molecule has 0 saturated heterocycles. The number of carbonyl (C=O) groups excluding carboxylic acids is 1. The first-order valence-corrected chi connectivity index (χ1v) is 11.2. The van der Waals surface area contributed by atoms with E-state index in [0.29, 0.717) is 31.2 Å². The smallest absolute Gasteiger partial charge is 0.337 e. The summed E-state index contributed by atoms with van der Waals surface area (Å²) < 4.78 is 4.74. The van der Waals surface area contributed by atoms with Crippen molar-refractivity contribution >= 4 is 5.97 Å². The summed E-state index contributed by atoms with van der Waals surface area (Å²) in [6.07, 6.45) is 0.398. The zero-order valence-corrected chi connectivity index (χ0v) is 18.9. The number of hydrogen-bond acceptors (Lipinski definition) is 6. The zero-order chi connectivity index (χ0) is 23.5. The minimum atomic E-state index is -0.768. The predicted molar refractivity (Wildman–Crippen MR) is 128 cm³/mol. The maximum atomic E-state index is 11.6. The number of aliphatic hydroxyl groups is 2. The molecule has 174 valence electrons. The van der Waals surface area contributed by atoms with Crippen molar-refractivity contribution in [3.05, 3.63) is 107 Å². The number of aliphatic hydroxyl groups excluding tert-OH is 2. The lowest BCUT2D eigenvalue weighted by atomic mass is 10.1. The molecule has 3 aromatic rings. The maximum absolute atomic E-state index is 11.6. The Labute approximate surface area is 195 Å². The molecule has 0 spiro atoms. The lowest BCUT2D eigenvalue weighted by molar-refractivity contribution is 0.0600. The van der Waals surface area contributed by atoms with Crippen LogP contribution in [-0.2, 0) is 24.0 Å². The molecule has 4 N–H and O–H groups in total. The minimum absolute atomic E-state index is 0.317. The van der Waals surface area contributed by atoms with Crippen molar-refractivity contribution in [2.45, 2.75) is 44.3 Å². The van der Waals surface area contributed by atoms with Gasteiger partial charge in [0.05, 0.1) is 18.8 Å². The highest BCUT2D eigenvalue weighted by molar-refractivity contribution is 5.89. The van der Waals surface area contributed by atoms with Crippen molar-refractivity contribution in [1.29, 1.82) is 0 Å². The molecule has 6 nitrogen and oxygen atoms in total. The number of benzene rings is 3. The van der Waals surface area contributed by atoms with Crippen LogP contribution in [0.2, 0.25) is 0 Å². The van der Waals surface area contributed by atoms with E-state index in [-0.39, 0.29) is 12.1 Å². The monoisotopic (exact) mass is 448 g/mol. The Balaban J connectivity index is 1.61. The van der Waals surface area contributed by atoms with Gasteiger partial charge in [0.15, 0.2) is 0 Å². The van der Waals surface area contributed by atoms with Crippen LogP contribution >= 0.6 is 0 Å². The SMILES string of the molecule is COC(=O)c1ccc(CCC(NC(O)Cc2ccccc2)NC(O)Cc2ccccc2)cc1. The molecule has 0 fully saturated rings. The number of ether oxygens (including phenoxy) is 1. The summed E-state index contributed by atoms with van der Waals surface area (Å²) in [6.45, 7) is 0. The fourth-order valence-electron chi connectivity index (χ4n) is 3.71. The Morgan fingerprint density at radius 2 is 1.24 bits per heavy atom. The van der Waals surface area contributed by atoms with E-state index in [4.69, 9.17) is 4.74 Å². The first-order chi connectivity index (χ1) is 16.0. The fraction of sp³-hybridized carbons (Fsp3) is 0.296. The molecule has 0 aromatic heterocycles. The molecule has 2 unspecified atom stereocenters. The Morgan fingerprint density at radius 3 is 1.70 bits per heavy atom. The van der Waals surface area contributed by atoms with Crippen LogP contribution in [0.4, 0.5) is 0 Å². The van der Waals surface area contributed by atoms with Gasteiger partial charge in [0, 0.05) is 12.8 Å². The minimum Gasteiger partial charge on any atom is -0.465 e. The number of hydrogen-bond donors (Lipinski definition) is 4. The maximum Gasteiger partial charge on any atom is 0.337 e. The van der Waals surface area contributed by atoms with Crippen LogP contribution in [0.3, 0.4) is 0 Å². The number of rotatable bonds is 12. The highest BCUT2D eigenvalue weighted by atomic mass is 16.5. The molecule has 0 amide bonds. The van der Waals surface area contributed by atoms with E-state index in [1.54, 1.807) is 12.1 Å². The zero-order valence-electron chi connectivity index (χ0n) is 18.9. The van der Waals surface area contributed by atoms with E-state index in [2.05, 4.69) is 10.6 Å². The van der Waals surface area contributed by atoms with Gasteiger partial charge < -0.3 is 14.9 Å². The highest BCUT2D eigenvalue weighted by Crippen LogP contribution is 2.11. The number of nitrogens with one attached hydrogen (secondary N) is 2. The predicted octanol–water partition coefficient (Wildman–Crippen LogP) is 3.03. The average molecular weight is 449 g/mol. The lowest BCUT2D eigenvalue weighted by Crippen LogP contribution is -2.52. The van der Waals surface area contributed by atoms with Crippen molar-refractivity contribution < 1.29 is 19.7 Å². The molecule has 0 aliphatic rings. The Bertz CT molecular complexity index is 915. The number of esters is 1. The van der Waals surface area contributed by atoms with Crippen LogP contribution in [0.25, 0.3) is 0 Å². The summed E-state index contributed by atoms with van der Waals surface area (Å²) in [5.74, 6) is -0.365. The summed E-state index contributed by atoms with van der Waals surface area (Å²) in [5.41, 5.74) is 3.61. The van der Waals surface area contributed by atoms with Gasteiger partial charge in [-0.25, -0.2) is 4.79 Å². The van der Waals surface area contributed by atoms with Crippen LogP contribution in [0.5, 0.6) is 0 Å². The first kappa shape index (κ1) is 24.6. The quantitative estimate of drug-likeness (QED) is 0.252. The topological polar surface area (TPSA) is 90.8 Å². The molecule has 3 aromatic carbocycles. The van der Waals surface area contributed by atoms with Crippen LogP contribution in [0.15, 0.2) is 84.9 Å². The van der Waals surface area contributed by atoms with Gasteiger partial charge in [0.25, 0.3) is 0 Å². The third-order valence-corrected chi connectivity index (χ3v) is 5.43. The molecular weight excluding hydrogens is 416 g/mol. The highest BCUT2D eigenvalue weighted by Gasteiger charge is 2.17. The van der Waals surface area contributed by atoms with E-state index in [9.17, 15) is 15.0 Å². The van der Waals surface area contributed by atoms with Gasteiger partial charge in [-0.3, -0.25) is 10.6 Å². The van der Waals surface area contributed by atoms with E-state index in [0.717, 1.165) is 16.7 Å². The first-order valence-electron chi connectivity index (χ1n) is 11.2. The molecule has 0 saturated carbocycles. The molecule has 0 aliphatic carbocycles. The number of methoxy groups -OCH3 is 1. The second-order valence-corrected chi connectivity index (χ2v) is 8.02. The van der Waals surface area contributed by atoms with Gasteiger partial charge >= 0.3 is 5.97 Å². The van der Waals surface area contributed by atoms with Gasteiger partial charge in [-0.15, -0.1) is 0 Å². The Morgan fingerprint density at radius 1 is 0.758 bits per heavy atom. The standard InChI is InChI=1S/C27H32N2O4/c1-33-27(32)23-15-12-20(13-16-23)14-17-24(28-25(30)18-21-8-4-2-5-9-21)29-26(31)19-22-10-6-3-7-11-22/h2-13,15-16,24-26,28-31H,14,17-19H2,1H3. The molecule has 3 rings (SSSR count). The summed E-state index contributed by atoms with van der Waals surface area (Å²) in [6, 6.07) is 26.8. The summed E-state index contributed by atoms with van der Waals surface area (Å²) in [7, 11) is 1.36. The van der Waals surface area contributed by atoms with E-state index < -0.39 is 12.5 Å². The lowest BCUT2D eigenvalue weighted by Gasteiger charge is -2.27. The molecule has 0 heterocycles. The van der Waals surface area contributed by atoms with Crippen molar-refractivity contribution in [3.63, 3.8) is 0 Å². The van der Waals surface area contributed by atoms with Crippen LogP contribution in [-0.4, -0.2) is 41.9 Å². The van der Waals surface area contributed by atoms with E-state index in [1.165, 1.54) is 7.11 Å². The van der Waals surface area contributed by atoms with Crippen molar-refractivity contribution in [2.75, 3.05) is 7.11 Å². The number of carbonyl (C=O) groups is 1. The molecule has 2 atom stereocenters. The van der Waals surface area contributed by atoms with Gasteiger partial charge in [-0.05, 0) is 41.7 Å². The van der Waals surface area contributed by atoms with Crippen LogP contribution in [0.1, 0.15) is 33.5 Å². The summed E-state index contributed by atoms with van der Waals surface area (Å²) in [4.78, 5) is 11.6. The van der Waals surface area contributed by atoms with E-state index >= 15 is 0 Å². The summed E-state index contributed by atoms with van der Waals surface area (Å²) in [5, 5.41) is 27.6. The molecule has 33 heavy (non-hydrogen) atoms. The molecular formula is C27H32N2O4. The molecule has 0 bridgehead atoms. The molecule has 0 aliphatic heterocycles. The second-order valence-electron chi connectivity index (χ2n) is 8.02. The number of aryl methyl sites for hydroxylation is 1. The average Bonchev–Trinajstić information content (AvgIpc) is 2.83.